The van der Waals surface area contributed by atoms with E-state index in [0.29, 0.717) is 19.5 Å². The molecule has 1 aliphatic rings. The molecule has 1 aromatic carbocycles. The van der Waals surface area contributed by atoms with Crippen LogP contribution in [0.4, 0.5) is 4.79 Å². The fourth-order valence-corrected chi connectivity index (χ4v) is 3.46. The molecular formula is C21H31NO5. The van der Waals surface area contributed by atoms with Gasteiger partial charge in [0, 0.05) is 25.1 Å². The van der Waals surface area contributed by atoms with Gasteiger partial charge in [-0.3, -0.25) is 4.79 Å². The largest absolute Gasteiger partial charge is 0.461 e. The maximum absolute atomic E-state index is 12.4. The SMILES string of the molecule is CC(C)(C)OC(=O)N1CCCC(CCO)(CC(=O)OCc2ccccc2)C1. The highest BCUT2D eigenvalue weighted by atomic mass is 16.6. The number of rotatable bonds is 6. The summed E-state index contributed by atoms with van der Waals surface area (Å²) in [7, 11) is 0. The Bertz CT molecular complexity index is 621. The number of carbonyl (C=O) groups excluding carboxylic acids is 2. The Morgan fingerprint density at radius 2 is 1.93 bits per heavy atom. The van der Waals surface area contributed by atoms with Gasteiger partial charge in [0.15, 0.2) is 0 Å². The molecule has 150 valence electrons. The van der Waals surface area contributed by atoms with Crippen LogP contribution in [0.5, 0.6) is 0 Å². The van der Waals surface area contributed by atoms with Gasteiger partial charge in [-0.1, -0.05) is 30.3 Å². The first kappa shape index (κ1) is 21.2. The fourth-order valence-electron chi connectivity index (χ4n) is 3.46. The number of likely N-dealkylation sites (tertiary alicyclic amines) is 1. The molecule has 0 saturated carbocycles. The molecule has 1 unspecified atom stereocenters. The smallest absolute Gasteiger partial charge is 0.410 e. The number of hydrogen-bond donors (Lipinski definition) is 1. The van der Waals surface area contributed by atoms with Crippen LogP contribution in [-0.4, -0.2) is 47.4 Å². The summed E-state index contributed by atoms with van der Waals surface area (Å²) in [5.41, 5.74) is -0.110. The van der Waals surface area contributed by atoms with Crippen LogP contribution in [0.25, 0.3) is 0 Å². The average Bonchev–Trinajstić information content (AvgIpc) is 2.60. The molecule has 1 amide bonds. The Kier molecular flexibility index (Phi) is 7.25. The van der Waals surface area contributed by atoms with E-state index in [1.54, 1.807) is 4.90 Å². The lowest BCUT2D eigenvalue weighted by molar-refractivity contribution is -0.149. The highest BCUT2D eigenvalue weighted by molar-refractivity contribution is 5.71. The quantitative estimate of drug-likeness (QED) is 0.768. The topological polar surface area (TPSA) is 76.1 Å². The van der Waals surface area contributed by atoms with Crippen LogP contribution in [0.2, 0.25) is 0 Å². The molecule has 1 N–H and O–H groups in total. The summed E-state index contributed by atoms with van der Waals surface area (Å²) in [5.74, 6) is -0.307. The molecule has 0 aliphatic carbocycles. The third kappa shape index (κ3) is 6.86. The first-order valence-electron chi connectivity index (χ1n) is 9.51. The van der Waals surface area contributed by atoms with Crippen LogP contribution in [0, 0.1) is 5.41 Å². The molecule has 1 saturated heterocycles. The molecular weight excluding hydrogens is 346 g/mol. The van der Waals surface area contributed by atoms with Gasteiger partial charge in [0.05, 0.1) is 6.42 Å². The van der Waals surface area contributed by atoms with E-state index in [1.165, 1.54) is 0 Å². The van der Waals surface area contributed by atoms with Gasteiger partial charge in [0.2, 0.25) is 0 Å². The number of benzene rings is 1. The first-order chi connectivity index (χ1) is 12.7. The van der Waals surface area contributed by atoms with Gasteiger partial charge in [-0.2, -0.15) is 0 Å². The molecule has 1 atom stereocenters. The van der Waals surface area contributed by atoms with Crippen LogP contribution >= 0.6 is 0 Å². The second-order valence-corrected chi connectivity index (χ2v) is 8.30. The summed E-state index contributed by atoms with van der Waals surface area (Å²) in [5, 5.41) is 9.53. The highest BCUT2D eigenvalue weighted by Crippen LogP contribution is 2.37. The van der Waals surface area contributed by atoms with Crippen molar-refractivity contribution in [3.63, 3.8) is 0 Å². The summed E-state index contributed by atoms with van der Waals surface area (Å²) in [6, 6.07) is 9.52. The van der Waals surface area contributed by atoms with Crippen molar-refractivity contribution >= 4 is 12.1 Å². The Morgan fingerprint density at radius 3 is 2.56 bits per heavy atom. The third-order valence-electron chi connectivity index (χ3n) is 4.72. The number of ether oxygens (including phenoxy) is 2. The minimum atomic E-state index is -0.567. The third-order valence-corrected chi connectivity index (χ3v) is 4.72. The number of piperidine rings is 1. The summed E-state index contributed by atoms with van der Waals surface area (Å²) in [6.45, 7) is 6.67. The Balaban J connectivity index is 1.98. The zero-order valence-electron chi connectivity index (χ0n) is 16.6. The van der Waals surface area contributed by atoms with Crippen LogP contribution in [0.15, 0.2) is 30.3 Å². The monoisotopic (exact) mass is 377 g/mol. The van der Waals surface area contributed by atoms with Gasteiger partial charge in [-0.15, -0.1) is 0 Å². The predicted molar refractivity (Wildman–Crippen MR) is 102 cm³/mol. The maximum Gasteiger partial charge on any atom is 0.410 e. The lowest BCUT2D eigenvalue weighted by Gasteiger charge is -2.42. The van der Waals surface area contributed by atoms with Gasteiger partial charge in [-0.25, -0.2) is 4.79 Å². The molecule has 6 nitrogen and oxygen atoms in total. The molecule has 27 heavy (non-hydrogen) atoms. The van der Waals surface area contributed by atoms with Gasteiger partial charge in [-0.05, 0) is 45.6 Å². The molecule has 1 aromatic rings. The minimum Gasteiger partial charge on any atom is -0.461 e. The number of nitrogens with zero attached hydrogens (tertiary/aromatic N) is 1. The highest BCUT2D eigenvalue weighted by Gasteiger charge is 2.40. The number of aliphatic hydroxyl groups excluding tert-OH is 1. The molecule has 0 radical (unpaired) electrons. The molecule has 0 aromatic heterocycles. The molecule has 1 heterocycles. The molecule has 2 rings (SSSR count). The van der Waals surface area contributed by atoms with Gasteiger partial charge in [0.1, 0.15) is 12.2 Å². The van der Waals surface area contributed by atoms with E-state index in [9.17, 15) is 14.7 Å². The average molecular weight is 377 g/mol. The maximum atomic E-state index is 12.4. The van der Waals surface area contributed by atoms with Crippen molar-refractivity contribution < 1.29 is 24.2 Å². The lowest BCUT2D eigenvalue weighted by atomic mass is 9.74. The van der Waals surface area contributed by atoms with Crippen LogP contribution in [-0.2, 0) is 20.9 Å². The number of hydrogen-bond acceptors (Lipinski definition) is 5. The second-order valence-electron chi connectivity index (χ2n) is 8.30. The van der Waals surface area contributed by atoms with Gasteiger partial charge < -0.3 is 19.5 Å². The van der Waals surface area contributed by atoms with Crippen molar-refractivity contribution in [2.45, 2.75) is 58.7 Å². The molecule has 1 aliphatic heterocycles. The fraction of sp³-hybridized carbons (Fsp3) is 0.619. The molecule has 0 spiro atoms. The molecule has 0 bridgehead atoms. The standard InChI is InChI=1S/C21H31NO5/c1-20(2,3)27-19(25)22-12-7-10-21(16-22,11-13-23)14-18(24)26-15-17-8-5-4-6-9-17/h4-6,8-9,23H,7,10-16H2,1-3H3. The summed E-state index contributed by atoms with van der Waals surface area (Å²) in [6.07, 6.45) is 1.80. The summed E-state index contributed by atoms with van der Waals surface area (Å²) < 4.78 is 10.9. The number of amides is 1. The van der Waals surface area contributed by atoms with Crippen molar-refractivity contribution in [1.82, 2.24) is 4.90 Å². The van der Waals surface area contributed by atoms with Gasteiger partial charge >= 0.3 is 12.1 Å². The molecule has 6 heteroatoms. The number of esters is 1. The van der Waals surface area contributed by atoms with E-state index < -0.39 is 11.0 Å². The van der Waals surface area contributed by atoms with Gasteiger partial charge in [0.25, 0.3) is 0 Å². The van der Waals surface area contributed by atoms with Crippen LogP contribution < -0.4 is 0 Å². The van der Waals surface area contributed by atoms with Crippen molar-refractivity contribution in [3.8, 4) is 0 Å². The predicted octanol–water partition coefficient (Wildman–Crippen LogP) is 3.52. The van der Waals surface area contributed by atoms with E-state index in [4.69, 9.17) is 9.47 Å². The van der Waals surface area contributed by atoms with Crippen molar-refractivity contribution in [2.75, 3.05) is 19.7 Å². The normalized spacial score (nSPS) is 20.2. The van der Waals surface area contributed by atoms with E-state index in [1.807, 2.05) is 51.1 Å². The van der Waals surface area contributed by atoms with Crippen molar-refractivity contribution in [1.29, 1.82) is 0 Å². The van der Waals surface area contributed by atoms with Crippen LogP contribution in [0.1, 0.15) is 52.0 Å². The van der Waals surface area contributed by atoms with E-state index in [0.717, 1.165) is 18.4 Å². The van der Waals surface area contributed by atoms with Crippen LogP contribution in [0.3, 0.4) is 0 Å². The summed E-state index contributed by atoms with van der Waals surface area (Å²) >= 11 is 0. The number of carbonyl (C=O) groups is 2. The second kappa shape index (κ2) is 9.22. The zero-order chi connectivity index (χ0) is 19.9. The Morgan fingerprint density at radius 1 is 1.22 bits per heavy atom. The van der Waals surface area contributed by atoms with Crippen molar-refractivity contribution in [2.24, 2.45) is 5.41 Å². The van der Waals surface area contributed by atoms with E-state index >= 15 is 0 Å². The molecule has 1 fully saturated rings. The Labute approximate surface area is 161 Å². The first-order valence-corrected chi connectivity index (χ1v) is 9.51. The summed E-state index contributed by atoms with van der Waals surface area (Å²) in [4.78, 5) is 26.5. The van der Waals surface area contributed by atoms with Crippen molar-refractivity contribution in [3.05, 3.63) is 35.9 Å². The Hall–Kier alpha value is -2.08. The van der Waals surface area contributed by atoms with E-state index in [-0.39, 0.29) is 31.7 Å². The minimum absolute atomic E-state index is 0.0336. The lowest BCUT2D eigenvalue weighted by Crippen LogP contribution is -2.49. The number of aliphatic hydroxyl groups is 1. The van der Waals surface area contributed by atoms with E-state index in [2.05, 4.69) is 0 Å². The zero-order valence-corrected chi connectivity index (χ0v) is 16.6.